The lowest BCUT2D eigenvalue weighted by Crippen LogP contribution is -2.39. The number of hydrogen-bond acceptors (Lipinski definition) is 2. The molecule has 0 heterocycles. The van der Waals surface area contributed by atoms with Gasteiger partial charge in [-0.2, -0.15) is 0 Å². The Hall–Kier alpha value is -1.06. The van der Waals surface area contributed by atoms with Gasteiger partial charge in [0.15, 0.2) is 0 Å². The van der Waals surface area contributed by atoms with Gasteiger partial charge in [-0.1, -0.05) is 30.2 Å². The van der Waals surface area contributed by atoms with Gasteiger partial charge in [-0.25, -0.2) is 0 Å². The molecule has 2 N–H and O–H groups in total. The van der Waals surface area contributed by atoms with Gasteiger partial charge >= 0.3 is 0 Å². The Morgan fingerprint density at radius 2 is 2.06 bits per heavy atom. The molecule has 1 aliphatic rings. The lowest BCUT2D eigenvalue weighted by atomic mass is 10.0. The molecule has 98 valence electrons. The number of halogens is 1. The Balaban J connectivity index is 1.86. The summed E-state index contributed by atoms with van der Waals surface area (Å²) in [6.45, 7) is 0.159. The summed E-state index contributed by atoms with van der Waals surface area (Å²) in [5.41, 5.74) is 0.954. The number of nitrogens with one attached hydrogen (secondary N) is 1. The molecule has 0 aliphatic heterocycles. The number of amides is 1. The molecule has 1 amide bonds. The van der Waals surface area contributed by atoms with Crippen LogP contribution in [0.4, 0.5) is 0 Å². The maximum atomic E-state index is 11.9. The summed E-state index contributed by atoms with van der Waals surface area (Å²) in [4.78, 5) is 11.9. The molecule has 3 nitrogen and oxygen atoms in total. The third kappa shape index (κ3) is 3.47. The molecule has 0 radical (unpaired) electrons. The molecule has 0 spiro atoms. The molecule has 1 saturated carbocycles. The number of benzene rings is 1. The molecule has 2 unspecified atom stereocenters. The Morgan fingerprint density at radius 3 is 2.72 bits per heavy atom. The van der Waals surface area contributed by atoms with Gasteiger partial charge in [-0.15, -0.1) is 0 Å². The van der Waals surface area contributed by atoms with Crippen molar-refractivity contribution in [2.45, 2.75) is 31.7 Å². The van der Waals surface area contributed by atoms with Crippen molar-refractivity contribution in [3.63, 3.8) is 0 Å². The SMILES string of the molecule is O=C(Cc1ccc(Cl)cc1)NC1CCCC1CO. The van der Waals surface area contributed by atoms with Gasteiger partial charge in [0.1, 0.15) is 0 Å². The van der Waals surface area contributed by atoms with Crippen LogP contribution in [0.5, 0.6) is 0 Å². The molecule has 1 aromatic rings. The summed E-state index contributed by atoms with van der Waals surface area (Å²) in [7, 11) is 0. The third-order valence-corrected chi connectivity index (χ3v) is 3.77. The molecular formula is C14H18ClNO2. The molecular weight excluding hydrogens is 250 g/mol. The van der Waals surface area contributed by atoms with Crippen LogP contribution < -0.4 is 5.32 Å². The normalized spacial score (nSPS) is 23.0. The highest BCUT2D eigenvalue weighted by atomic mass is 35.5. The zero-order chi connectivity index (χ0) is 13.0. The van der Waals surface area contributed by atoms with Gasteiger partial charge in [0.2, 0.25) is 5.91 Å². The molecule has 1 aromatic carbocycles. The van der Waals surface area contributed by atoms with E-state index in [0.29, 0.717) is 11.4 Å². The molecule has 18 heavy (non-hydrogen) atoms. The first-order valence-electron chi connectivity index (χ1n) is 6.33. The van der Waals surface area contributed by atoms with Crippen LogP contribution in [0.25, 0.3) is 0 Å². The highest BCUT2D eigenvalue weighted by Crippen LogP contribution is 2.25. The summed E-state index contributed by atoms with van der Waals surface area (Å²) >= 11 is 5.80. The Labute approximate surface area is 112 Å². The number of rotatable bonds is 4. The zero-order valence-electron chi connectivity index (χ0n) is 10.2. The Morgan fingerprint density at radius 1 is 1.33 bits per heavy atom. The largest absolute Gasteiger partial charge is 0.396 e. The van der Waals surface area contributed by atoms with Gasteiger partial charge < -0.3 is 10.4 Å². The fraction of sp³-hybridized carbons (Fsp3) is 0.500. The van der Waals surface area contributed by atoms with Gasteiger partial charge in [0.05, 0.1) is 6.42 Å². The monoisotopic (exact) mass is 267 g/mol. The van der Waals surface area contributed by atoms with Crippen LogP contribution in [0.15, 0.2) is 24.3 Å². The molecule has 1 fully saturated rings. The van der Waals surface area contributed by atoms with E-state index in [-0.39, 0.29) is 24.5 Å². The van der Waals surface area contributed by atoms with E-state index in [1.165, 1.54) is 0 Å². The smallest absolute Gasteiger partial charge is 0.224 e. The molecule has 2 rings (SSSR count). The van der Waals surface area contributed by atoms with Crippen molar-refractivity contribution in [2.24, 2.45) is 5.92 Å². The topological polar surface area (TPSA) is 49.3 Å². The van der Waals surface area contributed by atoms with E-state index in [1.807, 2.05) is 12.1 Å². The van der Waals surface area contributed by atoms with Crippen LogP contribution in [0, 0.1) is 5.92 Å². The van der Waals surface area contributed by atoms with E-state index >= 15 is 0 Å². The minimum atomic E-state index is 0.0164. The van der Waals surface area contributed by atoms with Crippen LogP contribution >= 0.6 is 11.6 Å². The minimum Gasteiger partial charge on any atom is -0.396 e. The third-order valence-electron chi connectivity index (χ3n) is 3.52. The van der Waals surface area contributed by atoms with E-state index in [0.717, 1.165) is 24.8 Å². The van der Waals surface area contributed by atoms with Crippen molar-refractivity contribution >= 4 is 17.5 Å². The maximum Gasteiger partial charge on any atom is 0.224 e. The number of hydrogen-bond donors (Lipinski definition) is 2. The zero-order valence-corrected chi connectivity index (χ0v) is 11.0. The van der Waals surface area contributed by atoms with Crippen molar-refractivity contribution in [3.8, 4) is 0 Å². The number of aliphatic hydroxyl groups is 1. The van der Waals surface area contributed by atoms with Crippen molar-refractivity contribution in [1.82, 2.24) is 5.32 Å². The molecule has 0 bridgehead atoms. The average Bonchev–Trinajstić information content (AvgIpc) is 2.79. The Kier molecular flexibility index (Phi) is 4.61. The number of aliphatic hydroxyl groups excluding tert-OH is 1. The van der Waals surface area contributed by atoms with Crippen LogP contribution in [0.1, 0.15) is 24.8 Å². The van der Waals surface area contributed by atoms with Crippen LogP contribution in [-0.2, 0) is 11.2 Å². The van der Waals surface area contributed by atoms with Crippen molar-refractivity contribution < 1.29 is 9.90 Å². The maximum absolute atomic E-state index is 11.9. The van der Waals surface area contributed by atoms with E-state index in [1.54, 1.807) is 12.1 Å². The standard InChI is InChI=1S/C14H18ClNO2/c15-12-6-4-10(5-7-12)8-14(18)16-13-3-1-2-11(13)9-17/h4-7,11,13,17H,1-3,8-9H2,(H,16,18). The fourth-order valence-electron chi connectivity index (χ4n) is 2.49. The van der Waals surface area contributed by atoms with E-state index in [4.69, 9.17) is 11.6 Å². The predicted octanol–water partition coefficient (Wildman–Crippen LogP) is 2.16. The average molecular weight is 268 g/mol. The first kappa shape index (κ1) is 13.4. The highest BCUT2D eigenvalue weighted by molar-refractivity contribution is 6.30. The summed E-state index contributed by atoms with van der Waals surface area (Å²) in [6, 6.07) is 7.43. The second kappa shape index (κ2) is 6.21. The summed E-state index contributed by atoms with van der Waals surface area (Å²) < 4.78 is 0. The lowest BCUT2D eigenvalue weighted by molar-refractivity contribution is -0.121. The van der Waals surface area contributed by atoms with Crippen LogP contribution in [-0.4, -0.2) is 23.7 Å². The van der Waals surface area contributed by atoms with Gasteiger partial charge in [0, 0.05) is 23.6 Å². The van der Waals surface area contributed by atoms with Crippen molar-refractivity contribution in [1.29, 1.82) is 0 Å². The fourth-order valence-corrected chi connectivity index (χ4v) is 2.62. The second-order valence-electron chi connectivity index (χ2n) is 4.85. The quantitative estimate of drug-likeness (QED) is 0.878. The van der Waals surface area contributed by atoms with E-state index < -0.39 is 0 Å². The van der Waals surface area contributed by atoms with Crippen LogP contribution in [0.3, 0.4) is 0 Å². The predicted molar refractivity (Wildman–Crippen MR) is 71.5 cm³/mol. The summed E-state index contributed by atoms with van der Waals surface area (Å²) in [6.07, 6.45) is 3.42. The second-order valence-corrected chi connectivity index (χ2v) is 5.29. The first-order chi connectivity index (χ1) is 8.69. The molecule has 4 heteroatoms. The van der Waals surface area contributed by atoms with Gasteiger partial charge in [-0.05, 0) is 30.5 Å². The minimum absolute atomic E-state index is 0.0164. The molecule has 0 saturated heterocycles. The van der Waals surface area contributed by atoms with Gasteiger partial charge in [-0.3, -0.25) is 4.79 Å². The molecule has 1 aliphatic carbocycles. The van der Waals surface area contributed by atoms with E-state index in [2.05, 4.69) is 5.32 Å². The molecule has 0 aromatic heterocycles. The lowest BCUT2D eigenvalue weighted by Gasteiger charge is -2.19. The highest BCUT2D eigenvalue weighted by Gasteiger charge is 2.27. The first-order valence-corrected chi connectivity index (χ1v) is 6.71. The van der Waals surface area contributed by atoms with Crippen molar-refractivity contribution in [3.05, 3.63) is 34.9 Å². The number of carbonyl (C=O) groups is 1. The summed E-state index contributed by atoms with van der Waals surface area (Å²) in [5, 5.41) is 12.9. The summed E-state index contributed by atoms with van der Waals surface area (Å²) in [5.74, 6) is 0.238. The van der Waals surface area contributed by atoms with Gasteiger partial charge in [0.25, 0.3) is 0 Å². The van der Waals surface area contributed by atoms with Crippen LogP contribution in [0.2, 0.25) is 5.02 Å². The number of carbonyl (C=O) groups excluding carboxylic acids is 1. The van der Waals surface area contributed by atoms with Crippen molar-refractivity contribution in [2.75, 3.05) is 6.61 Å². The van der Waals surface area contributed by atoms with E-state index in [9.17, 15) is 9.90 Å². The Bertz CT molecular complexity index is 405. The molecule has 2 atom stereocenters.